The Morgan fingerprint density at radius 1 is 1.16 bits per heavy atom. The summed E-state index contributed by atoms with van der Waals surface area (Å²) in [6.07, 6.45) is 9.40. The van der Waals surface area contributed by atoms with Gasteiger partial charge >= 0.3 is 0 Å². The summed E-state index contributed by atoms with van der Waals surface area (Å²) in [5.74, 6) is 0.620. The van der Waals surface area contributed by atoms with Gasteiger partial charge in [-0.15, -0.1) is 0 Å². The van der Waals surface area contributed by atoms with Crippen LogP contribution in [0.3, 0.4) is 0 Å². The van der Waals surface area contributed by atoms with E-state index in [-0.39, 0.29) is 0 Å². The van der Waals surface area contributed by atoms with Gasteiger partial charge in [0.15, 0.2) is 0 Å². The molecule has 0 bridgehead atoms. The molecule has 3 rings (SSSR count). The fourth-order valence-electron chi connectivity index (χ4n) is 2.91. The molecule has 1 aliphatic rings. The van der Waals surface area contributed by atoms with Crippen molar-refractivity contribution in [2.45, 2.75) is 25.8 Å². The quantitative estimate of drug-likeness (QED) is 0.582. The zero-order valence-electron chi connectivity index (χ0n) is 14.2. The largest absolute Gasteiger partial charge is 0.473 e. The average molecular weight is 341 g/mol. The average Bonchev–Trinajstić information content (AvgIpc) is 2.64. The Bertz CT molecular complexity index is 787. The number of pyridine rings is 1. The van der Waals surface area contributed by atoms with E-state index < -0.39 is 10.9 Å². The highest BCUT2D eigenvalue weighted by Crippen LogP contribution is 2.15. The second kappa shape index (κ2) is 8.58. The zero-order valence-corrected chi connectivity index (χ0v) is 14.2. The fourth-order valence-corrected chi connectivity index (χ4v) is 2.91. The molecule has 1 aliphatic heterocycles. The number of rotatable bonds is 8. The number of nitrogens with one attached hydrogen (secondary N) is 1. The minimum atomic E-state index is -0.445. The molecule has 132 valence electrons. The van der Waals surface area contributed by atoms with Gasteiger partial charge in [-0.3, -0.25) is 14.5 Å². The lowest BCUT2D eigenvalue weighted by Crippen LogP contribution is -2.32. The van der Waals surface area contributed by atoms with Crippen LogP contribution in [0.25, 0.3) is 0 Å². The number of hydrogen-bond acceptors (Lipinski definition) is 6. The van der Waals surface area contributed by atoms with E-state index in [0.717, 1.165) is 6.54 Å². The van der Waals surface area contributed by atoms with Crippen molar-refractivity contribution in [3.8, 4) is 5.88 Å². The van der Waals surface area contributed by atoms with Crippen LogP contribution in [0.15, 0.2) is 46.1 Å². The van der Waals surface area contributed by atoms with Gasteiger partial charge in [0.05, 0.1) is 5.69 Å². The first kappa shape index (κ1) is 17.4. The lowest BCUT2D eigenvalue weighted by atomic mass is 10.1. The first-order chi connectivity index (χ1) is 12.2. The number of ether oxygens (including phenoxy) is 1. The van der Waals surface area contributed by atoms with Crippen molar-refractivity contribution in [1.82, 2.24) is 9.88 Å². The molecule has 1 N–H and O–H groups in total. The molecule has 0 atom stereocenters. The van der Waals surface area contributed by atoms with Gasteiger partial charge < -0.3 is 10.1 Å². The SMILES string of the molecule is O=c1cc(NC/C=C\COc2cc(CN3CCCCC3)ccn2)c1=O. The van der Waals surface area contributed by atoms with Gasteiger partial charge in [-0.25, -0.2) is 4.98 Å². The van der Waals surface area contributed by atoms with Gasteiger partial charge in [0.2, 0.25) is 16.7 Å². The van der Waals surface area contributed by atoms with Gasteiger partial charge in [0.25, 0.3) is 0 Å². The maximum absolute atomic E-state index is 11.1. The molecule has 25 heavy (non-hydrogen) atoms. The van der Waals surface area contributed by atoms with E-state index in [2.05, 4.69) is 15.2 Å². The Hall–Kier alpha value is -2.47. The van der Waals surface area contributed by atoms with E-state index in [0.29, 0.717) is 24.7 Å². The second-order valence-corrected chi connectivity index (χ2v) is 6.25. The summed E-state index contributed by atoms with van der Waals surface area (Å²) in [6.45, 7) is 4.17. The molecule has 2 aromatic rings. The summed E-state index contributed by atoms with van der Waals surface area (Å²) < 4.78 is 5.64. The van der Waals surface area contributed by atoms with E-state index in [1.165, 1.54) is 44.0 Å². The predicted octanol–water partition coefficient (Wildman–Crippen LogP) is 1.71. The number of anilines is 1. The van der Waals surface area contributed by atoms with Gasteiger partial charge in [0, 0.05) is 31.4 Å². The summed E-state index contributed by atoms with van der Waals surface area (Å²) in [5.41, 5.74) is 0.713. The number of hydrogen-bond donors (Lipinski definition) is 1. The van der Waals surface area contributed by atoms with Crippen LogP contribution in [-0.4, -0.2) is 36.1 Å². The lowest BCUT2D eigenvalue weighted by Gasteiger charge is -2.26. The van der Waals surface area contributed by atoms with Crippen LogP contribution in [-0.2, 0) is 6.54 Å². The van der Waals surface area contributed by atoms with Crippen molar-refractivity contribution < 1.29 is 4.74 Å². The third-order valence-electron chi connectivity index (χ3n) is 4.30. The van der Waals surface area contributed by atoms with Crippen LogP contribution in [0.2, 0.25) is 0 Å². The van der Waals surface area contributed by atoms with Crippen molar-refractivity contribution in [1.29, 1.82) is 0 Å². The molecule has 0 spiro atoms. The summed E-state index contributed by atoms with van der Waals surface area (Å²) in [5, 5.41) is 2.88. The van der Waals surface area contributed by atoms with Crippen molar-refractivity contribution in [2.75, 3.05) is 31.6 Å². The number of likely N-dealkylation sites (tertiary alicyclic amines) is 1. The Morgan fingerprint density at radius 3 is 2.76 bits per heavy atom. The highest BCUT2D eigenvalue weighted by molar-refractivity contribution is 5.47. The summed E-state index contributed by atoms with van der Waals surface area (Å²) in [6, 6.07) is 5.33. The van der Waals surface area contributed by atoms with E-state index >= 15 is 0 Å². The van der Waals surface area contributed by atoms with Gasteiger partial charge in [-0.05, 0) is 43.6 Å². The molecule has 1 aromatic heterocycles. The maximum atomic E-state index is 11.1. The van der Waals surface area contributed by atoms with E-state index in [9.17, 15) is 9.59 Å². The third-order valence-corrected chi connectivity index (χ3v) is 4.30. The highest BCUT2D eigenvalue weighted by atomic mass is 16.5. The number of aromatic nitrogens is 1. The lowest BCUT2D eigenvalue weighted by molar-refractivity contribution is 0.220. The molecular formula is C19H23N3O3. The number of piperidine rings is 1. The normalized spacial score (nSPS) is 15.7. The van der Waals surface area contributed by atoms with Crippen LogP contribution >= 0.6 is 0 Å². The van der Waals surface area contributed by atoms with Crippen LogP contribution in [0.5, 0.6) is 5.88 Å². The predicted molar refractivity (Wildman–Crippen MR) is 97.8 cm³/mol. The van der Waals surface area contributed by atoms with E-state index in [4.69, 9.17) is 4.74 Å². The minimum Gasteiger partial charge on any atom is -0.473 e. The Kier molecular flexibility index (Phi) is 5.95. The molecule has 1 aromatic carbocycles. The zero-order chi connectivity index (χ0) is 17.5. The van der Waals surface area contributed by atoms with Crippen molar-refractivity contribution in [3.05, 3.63) is 62.6 Å². The second-order valence-electron chi connectivity index (χ2n) is 6.25. The van der Waals surface area contributed by atoms with Crippen molar-refractivity contribution in [2.24, 2.45) is 0 Å². The molecule has 6 heteroatoms. The molecule has 1 fully saturated rings. The molecule has 0 saturated carbocycles. The summed E-state index contributed by atoms with van der Waals surface area (Å²) >= 11 is 0. The fraction of sp³-hybridized carbons (Fsp3) is 0.421. The van der Waals surface area contributed by atoms with Crippen LogP contribution < -0.4 is 20.9 Å². The van der Waals surface area contributed by atoms with Crippen LogP contribution in [0.4, 0.5) is 5.69 Å². The molecule has 0 unspecified atom stereocenters. The van der Waals surface area contributed by atoms with Gasteiger partial charge in [0.1, 0.15) is 6.61 Å². The Balaban J connectivity index is 1.39. The molecule has 1 saturated heterocycles. The van der Waals surface area contributed by atoms with Gasteiger partial charge in [-0.2, -0.15) is 0 Å². The molecule has 0 aliphatic carbocycles. The Morgan fingerprint density at radius 2 is 2.00 bits per heavy atom. The smallest absolute Gasteiger partial charge is 0.248 e. The van der Waals surface area contributed by atoms with E-state index in [1.54, 1.807) is 6.20 Å². The monoisotopic (exact) mass is 341 g/mol. The minimum absolute atomic E-state index is 0.377. The molecule has 0 radical (unpaired) electrons. The van der Waals surface area contributed by atoms with Crippen LogP contribution in [0.1, 0.15) is 24.8 Å². The van der Waals surface area contributed by atoms with Gasteiger partial charge in [-0.1, -0.05) is 12.5 Å². The first-order valence-corrected chi connectivity index (χ1v) is 8.72. The standard InChI is InChI=1S/C19H23N3O3/c23-17-13-16(19(17)24)20-7-2-5-11-25-18-12-15(6-8-21-18)14-22-9-3-1-4-10-22/h2,5-6,8,12-13,20H,1,3-4,7,9-11,14H2/b5-2-. The van der Waals surface area contributed by atoms with Crippen molar-refractivity contribution in [3.63, 3.8) is 0 Å². The molecular weight excluding hydrogens is 318 g/mol. The van der Waals surface area contributed by atoms with Crippen molar-refractivity contribution >= 4 is 5.69 Å². The first-order valence-electron chi connectivity index (χ1n) is 8.72. The number of nitrogens with zero attached hydrogens (tertiary/aromatic N) is 2. The maximum Gasteiger partial charge on any atom is 0.248 e. The Labute approximate surface area is 146 Å². The molecule has 0 amide bonds. The highest BCUT2D eigenvalue weighted by Gasteiger charge is 2.11. The third kappa shape index (κ3) is 5.00. The van der Waals surface area contributed by atoms with Crippen LogP contribution in [0, 0.1) is 0 Å². The summed E-state index contributed by atoms with van der Waals surface area (Å²) in [7, 11) is 0. The molecule has 6 nitrogen and oxygen atoms in total. The van der Waals surface area contributed by atoms with E-state index in [1.807, 2.05) is 24.3 Å². The topological polar surface area (TPSA) is 71.5 Å². The molecule has 2 heterocycles. The summed E-state index contributed by atoms with van der Waals surface area (Å²) in [4.78, 5) is 28.6.